The van der Waals surface area contributed by atoms with Crippen LogP contribution in [0.4, 0.5) is 0 Å². The molecule has 2 aliphatic rings. The predicted molar refractivity (Wildman–Crippen MR) is 97.8 cm³/mol. The lowest BCUT2D eigenvalue weighted by Gasteiger charge is -2.28. The maximum absolute atomic E-state index is 12.9. The molecule has 0 radical (unpaired) electrons. The van der Waals surface area contributed by atoms with Crippen LogP contribution in [0.5, 0.6) is 0 Å². The van der Waals surface area contributed by atoms with E-state index < -0.39 is 0 Å². The Morgan fingerprint density at radius 3 is 2.71 bits per heavy atom. The highest BCUT2D eigenvalue weighted by Crippen LogP contribution is 2.27. The number of carbonyl (C=O) groups excluding carboxylic acids is 2. The van der Waals surface area contributed by atoms with Gasteiger partial charge in [0.25, 0.3) is 0 Å². The van der Waals surface area contributed by atoms with Gasteiger partial charge in [0, 0.05) is 26.1 Å². The lowest BCUT2D eigenvalue weighted by molar-refractivity contribution is -0.141. The molecular weight excluding hydrogens is 320 g/mol. The molecule has 2 amide bonds. The van der Waals surface area contributed by atoms with E-state index in [9.17, 15) is 9.59 Å². The molecule has 5 heteroatoms. The summed E-state index contributed by atoms with van der Waals surface area (Å²) < 4.78 is 0. The second-order valence-corrected chi connectivity index (χ2v) is 7.87. The van der Waals surface area contributed by atoms with E-state index >= 15 is 0 Å². The third-order valence-corrected chi connectivity index (χ3v) is 5.89. The minimum absolute atomic E-state index is 0.105. The first kappa shape index (κ1) is 17.3. The number of amides is 2. The van der Waals surface area contributed by atoms with Gasteiger partial charge in [0.2, 0.25) is 11.8 Å². The number of rotatable bonds is 5. The molecule has 2 saturated heterocycles. The molecule has 2 aliphatic heterocycles. The number of carbonyl (C=O) groups is 2. The number of nitrogens with zero attached hydrogens (tertiary/aromatic N) is 2. The fourth-order valence-corrected chi connectivity index (χ4v) is 4.44. The Bertz CT molecular complexity index is 602. The van der Waals surface area contributed by atoms with Gasteiger partial charge >= 0.3 is 0 Å². The summed E-state index contributed by atoms with van der Waals surface area (Å²) in [4.78, 5) is 29.0. The molecule has 2 atom stereocenters. The molecule has 1 aromatic carbocycles. The first-order chi connectivity index (χ1) is 11.6. The zero-order valence-corrected chi connectivity index (χ0v) is 15.3. The van der Waals surface area contributed by atoms with Crippen LogP contribution < -0.4 is 0 Å². The summed E-state index contributed by atoms with van der Waals surface area (Å²) in [6, 6.07) is 7.94. The van der Waals surface area contributed by atoms with Crippen LogP contribution in [0, 0.1) is 12.8 Å². The summed E-state index contributed by atoms with van der Waals surface area (Å²) in [6.45, 7) is 4.28. The fourth-order valence-electron chi connectivity index (χ4n) is 3.69. The number of thioether (sulfide) groups is 1. The highest BCUT2D eigenvalue weighted by Gasteiger charge is 2.39. The zero-order chi connectivity index (χ0) is 17.1. The molecule has 0 bridgehead atoms. The highest BCUT2D eigenvalue weighted by atomic mass is 32.2. The molecule has 0 spiro atoms. The maximum atomic E-state index is 12.9. The van der Waals surface area contributed by atoms with Crippen molar-refractivity contribution in [1.82, 2.24) is 9.80 Å². The van der Waals surface area contributed by atoms with Gasteiger partial charge in [0.1, 0.15) is 6.04 Å². The molecule has 2 heterocycles. The topological polar surface area (TPSA) is 40.6 Å². The Hall–Kier alpha value is -1.49. The summed E-state index contributed by atoms with van der Waals surface area (Å²) in [7, 11) is 0. The van der Waals surface area contributed by atoms with Gasteiger partial charge in [0.15, 0.2) is 0 Å². The van der Waals surface area contributed by atoms with Gasteiger partial charge in [0.05, 0.1) is 0 Å². The lowest BCUT2D eigenvalue weighted by Crippen LogP contribution is -2.45. The molecule has 24 heavy (non-hydrogen) atoms. The summed E-state index contributed by atoms with van der Waals surface area (Å²) in [5.74, 6) is 1.97. The SMILES string of the molecule is CSC[C@@H]1CCN(C(=O)[C@H]2CCC(=O)N2Cc2ccc(C)cc2)C1. The molecule has 0 unspecified atom stereocenters. The Morgan fingerprint density at radius 2 is 2.00 bits per heavy atom. The van der Waals surface area contributed by atoms with Crippen molar-refractivity contribution in [1.29, 1.82) is 0 Å². The first-order valence-corrected chi connectivity index (χ1v) is 10.1. The molecule has 130 valence electrons. The van der Waals surface area contributed by atoms with E-state index in [2.05, 4.69) is 25.3 Å². The van der Waals surface area contributed by atoms with E-state index in [-0.39, 0.29) is 17.9 Å². The standard InChI is InChI=1S/C19H26N2O2S/c1-14-3-5-15(6-4-14)12-21-17(7-8-18(21)22)19(23)20-10-9-16(11-20)13-24-2/h3-6,16-17H,7-13H2,1-2H3/t16-,17-/m1/s1. The van der Waals surface area contributed by atoms with Gasteiger partial charge in [-0.25, -0.2) is 0 Å². The Morgan fingerprint density at radius 1 is 1.25 bits per heavy atom. The first-order valence-electron chi connectivity index (χ1n) is 8.71. The second kappa shape index (κ2) is 7.60. The van der Waals surface area contributed by atoms with Crippen LogP contribution in [0.15, 0.2) is 24.3 Å². The van der Waals surface area contributed by atoms with Crippen LogP contribution in [0.2, 0.25) is 0 Å². The minimum atomic E-state index is -0.271. The number of hydrogen-bond acceptors (Lipinski definition) is 3. The van der Waals surface area contributed by atoms with E-state index in [4.69, 9.17) is 0 Å². The number of benzene rings is 1. The smallest absolute Gasteiger partial charge is 0.245 e. The maximum Gasteiger partial charge on any atom is 0.245 e. The average Bonchev–Trinajstić information content (AvgIpc) is 3.17. The second-order valence-electron chi connectivity index (χ2n) is 6.96. The Balaban J connectivity index is 1.66. The molecule has 1 aromatic rings. The molecule has 0 aromatic heterocycles. The van der Waals surface area contributed by atoms with E-state index in [1.165, 1.54) is 5.56 Å². The molecule has 0 N–H and O–H groups in total. The van der Waals surface area contributed by atoms with Crippen LogP contribution in [0.1, 0.15) is 30.4 Å². The monoisotopic (exact) mass is 346 g/mol. The Labute approximate surface area is 148 Å². The highest BCUT2D eigenvalue weighted by molar-refractivity contribution is 7.98. The largest absolute Gasteiger partial charge is 0.341 e. The quantitative estimate of drug-likeness (QED) is 0.823. The van der Waals surface area contributed by atoms with Gasteiger partial charge in [-0.15, -0.1) is 0 Å². The number of hydrogen-bond donors (Lipinski definition) is 0. The predicted octanol–water partition coefficient (Wildman–Crippen LogP) is 2.70. The average molecular weight is 346 g/mol. The van der Waals surface area contributed by atoms with E-state index in [1.807, 2.05) is 28.8 Å². The van der Waals surface area contributed by atoms with E-state index in [0.29, 0.717) is 25.3 Å². The van der Waals surface area contributed by atoms with Crippen LogP contribution in [0.25, 0.3) is 0 Å². The van der Waals surface area contributed by atoms with Gasteiger partial charge < -0.3 is 9.80 Å². The van der Waals surface area contributed by atoms with Gasteiger partial charge in [-0.05, 0) is 43.3 Å². The van der Waals surface area contributed by atoms with Gasteiger partial charge in [-0.2, -0.15) is 11.8 Å². The lowest BCUT2D eigenvalue weighted by atomic mass is 10.1. The normalized spacial score (nSPS) is 24.0. The van der Waals surface area contributed by atoms with Crippen LogP contribution in [-0.4, -0.2) is 52.8 Å². The third kappa shape index (κ3) is 3.77. The van der Waals surface area contributed by atoms with Crippen molar-refractivity contribution >= 4 is 23.6 Å². The van der Waals surface area contributed by atoms with E-state index in [0.717, 1.165) is 30.8 Å². The van der Waals surface area contributed by atoms with Crippen molar-refractivity contribution < 1.29 is 9.59 Å². The minimum Gasteiger partial charge on any atom is -0.341 e. The summed E-state index contributed by atoms with van der Waals surface area (Å²) >= 11 is 1.85. The molecule has 4 nitrogen and oxygen atoms in total. The molecular formula is C19H26N2O2S. The van der Waals surface area contributed by atoms with Crippen molar-refractivity contribution in [3.05, 3.63) is 35.4 Å². The van der Waals surface area contributed by atoms with Crippen molar-refractivity contribution in [2.45, 2.75) is 38.8 Å². The molecule has 0 saturated carbocycles. The summed E-state index contributed by atoms with van der Waals surface area (Å²) in [6.07, 6.45) is 4.35. The summed E-state index contributed by atoms with van der Waals surface area (Å²) in [5, 5.41) is 0. The summed E-state index contributed by atoms with van der Waals surface area (Å²) in [5.41, 5.74) is 2.30. The number of likely N-dealkylation sites (tertiary alicyclic amines) is 2. The molecule has 2 fully saturated rings. The van der Waals surface area contributed by atoms with Crippen molar-refractivity contribution in [2.24, 2.45) is 5.92 Å². The van der Waals surface area contributed by atoms with Crippen LogP contribution in [-0.2, 0) is 16.1 Å². The molecule has 0 aliphatic carbocycles. The fraction of sp³-hybridized carbons (Fsp3) is 0.579. The van der Waals surface area contributed by atoms with Crippen LogP contribution in [0.3, 0.4) is 0 Å². The molecule has 3 rings (SSSR count). The van der Waals surface area contributed by atoms with E-state index in [1.54, 1.807) is 4.90 Å². The zero-order valence-electron chi connectivity index (χ0n) is 14.5. The Kier molecular flexibility index (Phi) is 5.49. The van der Waals surface area contributed by atoms with Gasteiger partial charge in [-0.1, -0.05) is 29.8 Å². The van der Waals surface area contributed by atoms with Crippen molar-refractivity contribution in [3.8, 4) is 0 Å². The number of aryl methyl sites for hydroxylation is 1. The van der Waals surface area contributed by atoms with Crippen molar-refractivity contribution in [3.63, 3.8) is 0 Å². The third-order valence-electron chi connectivity index (χ3n) is 5.09. The van der Waals surface area contributed by atoms with Crippen molar-refractivity contribution in [2.75, 3.05) is 25.1 Å². The van der Waals surface area contributed by atoms with Crippen LogP contribution >= 0.6 is 11.8 Å². The van der Waals surface area contributed by atoms with Gasteiger partial charge in [-0.3, -0.25) is 9.59 Å².